The van der Waals surface area contributed by atoms with E-state index in [2.05, 4.69) is 10.6 Å². The molecule has 1 aliphatic rings. The number of carbonyl (C=O) groups is 1. The van der Waals surface area contributed by atoms with E-state index < -0.39 is 5.97 Å². The molecule has 0 spiro atoms. The second kappa shape index (κ2) is 2.98. The molecule has 0 aliphatic carbocycles. The molecule has 3 rings (SSSR count). The third-order valence-corrected chi connectivity index (χ3v) is 3.19. The number of para-hydroxylation sites is 1. The molecule has 0 saturated heterocycles. The normalized spacial score (nSPS) is 13.9. The molecule has 80 valence electrons. The van der Waals surface area contributed by atoms with Crippen LogP contribution in [0.2, 0.25) is 0 Å². The number of nitrogens with zero attached hydrogens (tertiary/aromatic N) is 1. The summed E-state index contributed by atoms with van der Waals surface area (Å²) >= 11 is 0. The number of carboxylic acid groups (broad SMARTS) is 1. The topological polar surface area (TPSA) is 42.2 Å². The molecule has 0 unspecified atom stereocenters. The molecule has 0 amide bonds. The van der Waals surface area contributed by atoms with Crippen LogP contribution in [0.1, 0.15) is 11.3 Å². The van der Waals surface area contributed by atoms with Crippen molar-refractivity contribution in [1.82, 2.24) is 4.57 Å². The van der Waals surface area contributed by atoms with Crippen molar-refractivity contribution in [3.63, 3.8) is 0 Å². The molecule has 1 aromatic carbocycles. The molecule has 0 bridgehead atoms. The molecule has 1 aromatic heterocycles. The maximum absolute atomic E-state index is 10.9. The summed E-state index contributed by atoms with van der Waals surface area (Å²) in [5.41, 5.74) is 3.76. The summed E-state index contributed by atoms with van der Waals surface area (Å²) in [5.74, 6) is -0.827. The third-order valence-electron chi connectivity index (χ3n) is 3.19. The monoisotopic (exact) mass is 213 g/mol. The predicted octanol–water partition coefficient (Wildman–Crippen LogP) is 2.43. The lowest BCUT2D eigenvalue weighted by Gasteiger charge is -2.00. The summed E-state index contributed by atoms with van der Waals surface area (Å²) in [6.07, 6.45) is 1.78. The Morgan fingerprint density at radius 1 is 1.38 bits per heavy atom. The molecule has 2 aromatic rings. The average Bonchev–Trinajstić information content (AvgIpc) is 2.81. The fraction of sp³-hybridized carbons (Fsp3) is 0.154. The van der Waals surface area contributed by atoms with E-state index in [4.69, 9.17) is 5.11 Å². The maximum Gasteiger partial charge on any atom is 0.333 e. The number of aliphatic carboxylic acids is 1. The molecule has 0 saturated carbocycles. The van der Waals surface area contributed by atoms with Crippen molar-refractivity contribution in [2.24, 2.45) is 0 Å². The number of aryl methyl sites for hydroxylation is 1. The summed E-state index contributed by atoms with van der Waals surface area (Å²) < 4.78 is 2.06. The molecule has 2 heterocycles. The lowest BCUT2D eigenvalue weighted by atomic mass is 10.1. The van der Waals surface area contributed by atoms with Crippen LogP contribution in [-0.4, -0.2) is 15.6 Å². The van der Waals surface area contributed by atoms with Gasteiger partial charge in [-0.3, -0.25) is 0 Å². The number of rotatable bonds is 1. The number of hydrogen-bond acceptors (Lipinski definition) is 1. The van der Waals surface area contributed by atoms with Gasteiger partial charge in [0, 0.05) is 16.6 Å². The Kier molecular flexibility index (Phi) is 1.72. The van der Waals surface area contributed by atoms with Crippen molar-refractivity contribution in [2.45, 2.75) is 13.5 Å². The van der Waals surface area contributed by atoms with Gasteiger partial charge < -0.3 is 9.67 Å². The Morgan fingerprint density at radius 3 is 2.88 bits per heavy atom. The van der Waals surface area contributed by atoms with Gasteiger partial charge >= 0.3 is 5.97 Å². The van der Waals surface area contributed by atoms with E-state index in [1.165, 1.54) is 5.39 Å². The molecule has 0 radical (unpaired) electrons. The van der Waals surface area contributed by atoms with Crippen LogP contribution in [0.3, 0.4) is 0 Å². The van der Waals surface area contributed by atoms with E-state index in [-0.39, 0.29) is 0 Å². The quantitative estimate of drug-likeness (QED) is 0.790. The van der Waals surface area contributed by atoms with Crippen LogP contribution in [0.5, 0.6) is 0 Å². The van der Waals surface area contributed by atoms with Crippen LogP contribution in [-0.2, 0) is 11.3 Å². The molecule has 3 heteroatoms. The smallest absolute Gasteiger partial charge is 0.333 e. The summed E-state index contributed by atoms with van der Waals surface area (Å²) in [6, 6.07) is 8.09. The van der Waals surface area contributed by atoms with Gasteiger partial charge in [0.15, 0.2) is 0 Å². The van der Waals surface area contributed by atoms with Crippen LogP contribution in [0.25, 0.3) is 17.0 Å². The number of carboxylic acids is 1. The zero-order valence-electron chi connectivity index (χ0n) is 8.90. The lowest BCUT2D eigenvalue weighted by molar-refractivity contribution is -0.132. The second-order valence-corrected chi connectivity index (χ2v) is 4.09. The first kappa shape index (κ1) is 9.21. The number of benzene rings is 1. The Bertz CT molecular complexity index is 635. The van der Waals surface area contributed by atoms with Gasteiger partial charge in [0.1, 0.15) is 0 Å². The molecular formula is C13H11NO2. The van der Waals surface area contributed by atoms with Crippen molar-refractivity contribution in [2.75, 3.05) is 0 Å². The van der Waals surface area contributed by atoms with E-state index in [0.717, 1.165) is 16.8 Å². The highest BCUT2D eigenvalue weighted by atomic mass is 16.4. The largest absolute Gasteiger partial charge is 0.478 e. The van der Waals surface area contributed by atoms with Crippen LogP contribution in [0.15, 0.2) is 29.8 Å². The van der Waals surface area contributed by atoms with E-state index in [1.807, 2.05) is 25.1 Å². The minimum Gasteiger partial charge on any atom is -0.478 e. The van der Waals surface area contributed by atoms with Gasteiger partial charge in [-0.2, -0.15) is 0 Å². The predicted molar refractivity (Wildman–Crippen MR) is 62.3 cm³/mol. The number of hydrogen-bond donors (Lipinski definition) is 1. The molecule has 1 aliphatic heterocycles. The Labute approximate surface area is 92.6 Å². The lowest BCUT2D eigenvalue weighted by Crippen LogP contribution is -2.03. The molecule has 1 N–H and O–H groups in total. The van der Waals surface area contributed by atoms with Gasteiger partial charge in [0.2, 0.25) is 0 Å². The van der Waals surface area contributed by atoms with Gasteiger partial charge in [0.05, 0.1) is 12.1 Å². The van der Waals surface area contributed by atoms with Gasteiger partial charge in [0.25, 0.3) is 0 Å². The van der Waals surface area contributed by atoms with Crippen molar-refractivity contribution >= 4 is 22.9 Å². The summed E-state index contributed by atoms with van der Waals surface area (Å²) in [5, 5.41) is 10.2. The fourth-order valence-corrected chi connectivity index (χ4v) is 2.36. The van der Waals surface area contributed by atoms with Gasteiger partial charge in [-0.15, -0.1) is 0 Å². The van der Waals surface area contributed by atoms with Gasteiger partial charge in [-0.25, -0.2) is 4.79 Å². The van der Waals surface area contributed by atoms with Crippen molar-refractivity contribution in [3.8, 4) is 0 Å². The molecule has 0 atom stereocenters. The number of aromatic nitrogens is 1. The number of fused-ring (bicyclic) bond motifs is 3. The second-order valence-electron chi connectivity index (χ2n) is 4.09. The summed E-state index contributed by atoms with van der Waals surface area (Å²) in [7, 11) is 0. The zero-order chi connectivity index (χ0) is 11.3. The Hall–Kier alpha value is -2.03. The van der Waals surface area contributed by atoms with Gasteiger partial charge in [-0.05, 0) is 24.6 Å². The summed E-state index contributed by atoms with van der Waals surface area (Å²) in [6.45, 7) is 2.51. The molecule has 16 heavy (non-hydrogen) atoms. The van der Waals surface area contributed by atoms with Crippen molar-refractivity contribution in [3.05, 3.63) is 41.1 Å². The SMILES string of the molecule is Cc1c2n(c3ccccc13)CC(C(=O)O)=C2. The van der Waals surface area contributed by atoms with Crippen molar-refractivity contribution in [1.29, 1.82) is 0 Å². The highest BCUT2D eigenvalue weighted by Gasteiger charge is 2.22. The van der Waals surface area contributed by atoms with E-state index in [0.29, 0.717) is 12.1 Å². The third kappa shape index (κ3) is 1.05. The Morgan fingerprint density at radius 2 is 2.12 bits per heavy atom. The maximum atomic E-state index is 10.9. The van der Waals surface area contributed by atoms with Crippen molar-refractivity contribution < 1.29 is 9.90 Å². The van der Waals surface area contributed by atoms with Gasteiger partial charge in [-0.1, -0.05) is 18.2 Å². The highest BCUT2D eigenvalue weighted by molar-refractivity contribution is 5.97. The Balaban J connectivity index is 2.30. The van der Waals surface area contributed by atoms with Crippen LogP contribution < -0.4 is 0 Å². The minimum atomic E-state index is -0.827. The first-order chi connectivity index (χ1) is 7.68. The van der Waals surface area contributed by atoms with E-state index in [1.54, 1.807) is 6.08 Å². The first-order valence-electron chi connectivity index (χ1n) is 5.20. The average molecular weight is 213 g/mol. The fourth-order valence-electron chi connectivity index (χ4n) is 2.36. The summed E-state index contributed by atoms with van der Waals surface area (Å²) in [4.78, 5) is 10.9. The van der Waals surface area contributed by atoms with Crippen LogP contribution in [0.4, 0.5) is 0 Å². The van der Waals surface area contributed by atoms with E-state index >= 15 is 0 Å². The first-order valence-corrected chi connectivity index (χ1v) is 5.20. The standard InChI is InChI=1S/C13H11NO2/c1-8-10-4-2-3-5-11(10)14-7-9(13(15)16)6-12(8)14/h2-6H,7H2,1H3,(H,15,16). The molecule has 0 fully saturated rings. The van der Waals surface area contributed by atoms with E-state index in [9.17, 15) is 4.79 Å². The zero-order valence-corrected chi connectivity index (χ0v) is 8.90. The van der Waals surface area contributed by atoms with Crippen LogP contribution >= 0.6 is 0 Å². The molecule has 3 nitrogen and oxygen atoms in total. The highest BCUT2D eigenvalue weighted by Crippen LogP contribution is 2.31. The molecular weight excluding hydrogens is 202 g/mol. The van der Waals surface area contributed by atoms with Crippen LogP contribution in [0, 0.1) is 6.92 Å². The minimum absolute atomic E-state index is 0.462.